The van der Waals surface area contributed by atoms with E-state index in [2.05, 4.69) is 30.9 Å². The van der Waals surface area contributed by atoms with Crippen LogP contribution >= 0.6 is 22.7 Å². The Morgan fingerprint density at radius 1 is 1.40 bits per heavy atom. The van der Waals surface area contributed by atoms with E-state index in [0.717, 1.165) is 21.0 Å². The summed E-state index contributed by atoms with van der Waals surface area (Å²) in [6.07, 6.45) is 1.72. The standard InChI is InChI=1S/C13H13N3O2S2/c1-13(2,3)9-7-6-8(11(17)18)20-10(7)16(15-9)12-14-4-5-19-12/h4-6H,1-3H3,(H,17,18). The Hall–Kier alpha value is -1.73. The highest BCUT2D eigenvalue weighted by Crippen LogP contribution is 2.36. The van der Waals surface area contributed by atoms with E-state index in [1.165, 1.54) is 22.7 Å². The number of thiazole rings is 1. The third kappa shape index (κ3) is 2.03. The quantitative estimate of drug-likeness (QED) is 0.786. The van der Waals surface area contributed by atoms with E-state index >= 15 is 0 Å². The molecule has 0 aromatic carbocycles. The normalized spacial score (nSPS) is 12.2. The molecule has 0 fully saturated rings. The average molecular weight is 307 g/mol. The highest BCUT2D eigenvalue weighted by Gasteiger charge is 2.26. The summed E-state index contributed by atoms with van der Waals surface area (Å²) in [7, 11) is 0. The molecule has 1 N–H and O–H groups in total. The van der Waals surface area contributed by atoms with Crippen LogP contribution < -0.4 is 0 Å². The fraction of sp³-hybridized carbons (Fsp3) is 0.308. The Morgan fingerprint density at radius 3 is 2.70 bits per heavy atom. The summed E-state index contributed by atoms with van der Waals surface area (Å²) in [6, 6.07) is 1.71. The first kappa shape index (κ1) is 13.3. The first-order valence-corrected chi connectivity index (χ1v) is 7.74. The summed E-state index contributed by atoms with van der Waals surface area (Å²) in [5.74, 6) is -0.906. The van der Waals surface area contributed by atoms with Crippen molar-refractivity contribution in [3.63, 3.8) is 0 Å². The Morgan fingerprint density at radius 2 is 2.15 bits per heavy atom. The zero-order chi connectivity index (χ0) is 14.5. The lowest BCUT2D eigenvalue weighted by Crippen LogP contribution is -2.13. The van der Waals surface area contributed by atoms with Crippen molar-refractivity contribution in [3.05, 3.63) is 28.2 Å². The van der Waals surface area contributed by atoms with Crippen molar-refractivity contribution in [3.8, 4) is 5.13 Å². The van der Waals surface area contributed by atoms with Crippen LogP contribution in [-0.4, -0.2) is 25.8 Å². The first-order chi connectivity index (χ1) is 9.38. The van der Waals surface area contributed by atoms with Crippen LogP contribution in [0, 0.1) is 0 Å². The third-order valence-corrected chi connectivity index (χ3v) is 4.73. The number of hydrogen-bond acceptors (Lipinski definition) is 5. The van der Waals surface area contributed by atoms with Gasteiger partial charge in [-0.15, -0.1) is 22.7 Å². The molecule has 0 saturated carbocycles. The number of thiophene rings is 1. The molecular weight excluding hydrogens is 294 g/mol. The first-order valence-electron chi connectivity index (χ1n) is 6.04. The van der Waals surface area contributed by atoms with E-state index in [-0.39, 0.29) is 5.41 Å². The Bertz CT molecular complexity index is 779. The van der Waals surface area contributed by atoms with Gasteiger partial charge in [0.2, 0.25) is 5.13 Å². The molecule has 0 unspecified atom stereocenters. The molecule has 0 saturated heterocycles. The Labute approximate surface area is 123 Å². The molecule has 0 aliphatic rings. The predicted octanol–water partition coefficient (Wildman–Crippen LogP) is 3.54. The van der Waals surface area contributed by atoms with Crippen molar-refractivity contribution in [2.75, 3.05) is 0 Å². The van der Waals surface area contributed by atoms with E-state index in [4.69, 9.17) is 0 Å². The van der Waals surface area contributed by atoms with Gasteiger partial charge in [-0.05, 0) is 6.07 Å². The number of carboxylic acids is 1. The molecule has 0 aliphatic carbocycles. The highest BCUT2D eigenvalue weighted by atomic mass is 32.1. The number of aromatic nitrogens is 3. The van der Waals surface area contributed by atoms with Crippen molar-refractivity contribution >= 4 is 38.9 Å². The molecule has 7 heteroatoms. The van der Waals surface area contributed by atoms with Gasteiger partial charge in [-0.1, -0.05) is 20.8 Å². The van der Waals surface area contributed by atoms with Crippen molar-refractivity contribution in [2.45, 2.75) is 26.2 Å². The van der Waals surface area contributed by atoms with Crippen LogP contribution in [0.4, 0.5) is 0 Å². The van der Waals surface area contributed by atoms with Gasteiger partial charge in [-0.3, -0.25) is 0 Å². The molecule has 0 amide bonds. The molecule has 20 heavy (non-hydrogen) atoms. The second-order valence-corrected chi connectivity index (χ2v) is 7.36. The van der Waals surface area contributed by atoms with E-state index in [0.29, 0.717) is 4.88 Å². The van der Waals surface area contributed by atoms with Gasteiger partial charge in [0.05, 0.1) is 5.69 Å². The van der Waals surface area contributed by atoms with Crippen molar-refractivity contribution in [2.24, 2.45) is 0 Å². The number of hydrogen-bond donors (Lipinski definition) is 1. The maximum Gasteiger partial charge on any atom is 0.345 e. The summed E-state index contributed by atoms with van der Waals surface area (Å²) in [6.45, 7) is 6.21. The zero-order valence-electron chi connectivity index (χ0n) is 11.2. The van der Waals surface area contributed by atoms with Gasteiger partial charge in [-0.2, -0.15) is 9.78 Å². The van der Waals surface area contributed by atoms with E-state index in [9.17, 15) is 9.90 Å². The minimum absolute atomic E-state index is 0.155. The van der Waals surface area contributed by atoms with Gasteiger partial charge < -0.3 is 5.11 Å². The Balaban J connectivity index is 2.33. The van der Waals surface area contributed by atoms with Crippen LogP contribution in [0.3, 0.4) is 0 Å². The van der Waals surface area contributed by atoms with Gasteiger partial charge in [0, 0.05) is 22.4 Å². The summed E-state index contributed by atoms with van der Waals surface area (Å²) in [5.41, 5.74) is 0.740. The number of aromatic carboxylic acids is 1. The maximum absolute atomic E-state index is 11.2. The predicted molar refractivity (Wildman–Crippen MR) is 80.3 cm³/mol. The molecule has 3 aromatic rings. The lowest BCUT2D eigenvalue weighted by atomic mass is 9.91. The van der Waals surface area contributed by atoms with Crippen molar-refractivity contribution < 1.29 is 9.90 Å². The SMILES string of the molecule is CC(C)(C)c1nn(-c2nccs2)c2sc(C(=O)O)cc12. The lowest BCUT2D eigenvalue weighted by molar-refractivity contribution is 0.0702. The minimum Gasteiger partial charge on any atom is -0.477 e. The Kier molecular flexibility index (Phi) is 2.91. The minimum atomic E-state index is -0.906. The van der Waals surface area contributed by atoms with Gasteiger partial charge in [0.1, 0.15) is 9.71 Å². The number of nitrogens with zero attached hydrogens (tertiary/aromatic N) is 3. The van der Waals surface area contributed by atoms with E-state index < -0.39 is 5.97 Å². The molecule has 0 aliphatic heterocycles. The largest absolute Gasteiger partial charge is 0.477 e. The molecule has 3 rings (SSSR count). The summed E-state index contributed by atoms with van der Waals surface area (Å²) >= 11 is 2.72. The van der Waals surface area contributed by atoms with Crippen LogP contribution in [0.5, 0.6) is 0 Å². The van der Waals surface area contributed by atoms with E-state index in [1.54, 1.807) is 16.9 Å². The van der Waals surface area contributed by atoms with Crippen molar-refractivity contribution in [1.82, 2.24) is 14.8 Å². The second-order valence-electron chi connectivity index (χ2n) is 5.46. The van der Waals surface area contributed by atoms with Crippen LogP contribution in [0.15, 0.2) is 17.6 Å². The topological polar surface area (TPSA) is 68.0 Å². The molecule has 104 valence electrons. The summed E-state index contributed by atoms with van der Waals surface area (Å²) in [4.78, 5) is 16.6. The number of carbonyl (C=O) groups is 1. The van der Waals surface area contributed by atoms with Crippen LogP contribution in [0.25, 0.3) is 15.3 Å². The monoisotopic (exact) mass is 307 g/mol. The fourth-order valence-corrected chi connectivity index (χ4v) is 3.62. The van der Waals surface area contributed by atoms with Crippen LogP contribution in [0.1, 0.15) is 36.1 Å². The number of carboxylic acid groups (broad SMARTS) is 1. The van der Waals surface area contributed by atoms with Crippen molar-refractivity contribution in [1.29, 1.82) is 0 Å². The summed E-state index contributed by atoms with van der Waals surface area (Å²) < 4.78 is 1.75. The average Bonchev–Trinajstić information content (AvgIpc) is 3.02. The molecule has 5 nitrogen and oxygen atoms in total. The molecule has 0 spiro atoms. The van der Waals surface area contributed by atoms with Crippen LogP contribution in [0.2, 0.25) is 0 Å². The molecule has 3 heterocycles. The molecule has 3 aromatic heterocycles. The molecular formula is C13H13N3O2S2. The van der Waals surface area contributed by atoms with Gasteiger partial charge in [0.25, 0.3) is 0 Å². The number of rotatable bonds is 2. The summed E-state index contributed by atoms with van der Waals surface area (Å²) in [5, 5.41) is 17.4. The second kappa shape index (κ2) is 4.39. The lowest BCUT2D eigenvalue weighted by Gasteiger charge is -2.14. The number of fused-ring (bicyclic) bond motifs is 1. The van der Waals surface area contributed by atoms with E-state index in [1.807, 2.05) is 5.38 Å². The fourth-order valence-electron chi connectivity index (χ4n) is 2.02. The third-order valence-electron chi connectivity index (χ3n) is 2.88. The highest BCUT2D eigenvalue weighted by molar-refractivity contribution is 7.20. The smallest absolute Gasteiger partial charge is 0.345 e. The molecule has 0 bridgehead atoms. The molecule has 0 atom stereocenters. The zero-order valence-corrected chi connectivity index (χ0v) is 12.9. The van der Waals surface area contributed by atoms with Gasteiger partial charge in [-0.25, -0.2) is 9.78 Å². The van der Waals surface area contributed by atoms with Crippen LogP contribution in [-0.2, 0) is 5.41 Å². The molecule has 0 radical (unpaired) electrons. The van der Waals surface area contributed by atoms with Gasteiger partial charge >= 0.3 is 5.97 Å². The maximum atomic E-state index is 11.2. The van der Waals surface area contributed by atoms with Gasteiger partial charge in [0.15, 0.2) is 0 Å².